The molecule has 100 valence electrons. The third kappa shape index (κ3) is 3.07. The fraction of sp³-hybridized carbons (Fsp3) is 0.0909. The first-order chi connectivity index (χ1) is 8.99. The Morgan fingerprint density at radius 3 is 2.74 bits per heavy atom. The number of anilines is 1. The van der Waals surface area contributed by atoms with Crippen LogP contribution in [0.5, 0.6) is 0 Å². The summed E-state index contributed by atoms with van der Waals surface area (Å²) in [7, 11) is 0. The Balaban J connectivity index is 2.29. The minimum atomic E-state index is -0.987. The molecule has 4 nitrogen and oxygen atoms in total. The van der Waals surface area contributed by atoms with Crippen molar-refractivity contribution in [1.29, 1.82) is 0 Å². The lowest BCUT2D eigenvalue weighted by molar-refractivity contribution is -0.384. The van der Waals surface area contributed by atoms with Gasteiger partial charge in [0.2, 0.25) is 0 Å². The zero-order valence-corrected chi connectivity index (χ0v) is 11.7. The molecule has 0 fully saturated rings. The lowest BCUT2D eigenvalue weighted by Crippen LogP contribution is -2.05. The van der Waals surface area contributed by atoms with Gasteiger partial charge in [-0.05, 0) is 27.4 Å². The van der Waals surface area contributed by atoms with Crippen molar-refractivity contribution in [2.24, 2.45) is 0 Å². The molecule has 0 atom stereocenters. The van der Waals surface area contributed by atoms with Crippen molar-refractivity contribution in [3.63, 3.8) is 0 Å². The van der Waals surface area contributed by atoms with Crippen molar-refractivity contribution in [2.45, 2.75) is 6.54 Å². The van der Waals surface area contributed by atoms with Crippen molar-refractivity contribution >= 4 is 38.6 Å². The zero-order chi connectivity index (χ0) is 14.0. The van der Waals surface area contributed by atoms with E-state index in [0.717, 1.165) is 9.35 Å². The van der Waals surface area contributed by atoms with Crippen LogP contribution >= 0.6 is 27.3 Å². The molecule has 0 saturated heterocycles. The van der Waals surface area contributed by atoms with E-state index in [1.807, 2.05) is 11.4 Å². The minimum absolute atomic E-state index is 0.210. The Kier molecular flexibility index (Phi) is 4.11. The van der Waals surface area contributed by atoms with Gasteiger partial charge in [0.15, 0.2) is 5.82 Å². The molecule has 0 bridgehead atoms. The summed E-state index contributed by atoms with van der Waals surface area (Å²) in [5.74, 6) is -1.97. The number of nitrogens with zero attached hydrogens (tertiary/aromatic N) is 1. The van der Waals surface area contributed by atoms with Crippen LogP contribution in [0.25, 0.3) is 0 Å². The molecular formula is C11H7BrF2N2O2S. The number of nitrogens with one attached hydrogen (secondary N) is 1. The molecule has 0 spiro atoms. The Labute approximate surface area is 119 Å². The number of hydrogen-bond acceptors (Lipinski definition) is 4. The molecule has 0 aliphatic rings. The SMILES string of the molecule is O=[N+]([O-])c1cc(F)cc(F)c1NCc1sccc1Br. The number of nitro groups is 1. The Bertz CT molecular complexity index is 633. The van der Waals surface area contributed by atoms with E-state index in [4.69, 9.17) is 0 Å². The molecule has 19 heavy (non-hydrogen) atoms. The maximum Gasteiger partial charge on any atom is 0.298 e. The topological polar surface area (TPSA) is 55.2 Å². The Morgan fingerprint density at radius 1 is 1.42 bits per heavy atom. The summed E-state index contributed by atoms with van der Waals surface area (Å²) in [6.07, 6.45) is 0. The summed E-state index contributed by atoms with van der Waals surface area (Å²) in [6, 6.07) is 3.12. The molecule has 8 heteroatoms. The highest BCUT2D eigenvalue weighted by Gasteiger charge is 2.20. The number of thiophene rings is 1. The van der Waals surface area contributed by atoms with Crippen LogP contribution in [0.3, 0.4) is 0 Å². The van der Waals surface area contributed by atoms with Gasteiger partial charge in [-0.1, -0.05) is 0 Å². The van der Waals surface area contributed by atoms with E-state index < -0.39 is 22.2 Å². The van der Waals surface area contributed by atoms with E-state index in [1.165, 1.54) is 11.3 Å². The molecule has 2 rings (SSSR count). The lowest BCUT2D eigenvalue weighted by atomic mass is 10.2. The van der Waals surface area contributed by atoms with Crippen LogP contribution in [0.2, 0.25) is 0 Å². The summed E-state index contributed by atoms with van der Waals surface area (Å²) in [4.78, 5) is 10.8. The molecular weight excluding hydrogens is 342 g/mol. The van der Waals surface area contributed by atoms with Gasteiger partial charge in [-0.3, -0.25) is 10.1 Å². The third-order valence-electron chi connectivity index (χ3n) is 2.35. The van der Waals surface area contributed by atoms with Crippen LogP contribution in [-0.4, -0.2) is 4.92 Å². The highest BCUT2D eigenvalue weighted by molar-refractivity contribution is 9.10. The van der Waals surface area contributed by atoms with Crippen molar-refractivity contribution < 1.29 is 13.7 Å². The van der Waals surface area contributed by atoms with Crippen molar-refractivity contribution in [2.75, 3.05) is 5.32 Å². The maximum absolute atomic E-state index is 13.6. The third-order valence-corrected chi connectivity index (χ3v) is 4.27. The zero-order valence-electron chi connectivity index (χ0n) is 9.32. The maximum atomic E-state index is 13.6. The van der Waals surface area contributed by atoms with E-state index >= 15 is 0 Å². The summed E-state index contributed by atoms with van der Waals surface area (Å²) in [5, 5.41) is 15.2. The summed E-state index contributed by atoms with van der Waals surface area (Å²) in [6.45, 7) is 0.210. The highest BCUT2D eigenvalue weighted by Crippen LogP contribution is 2.30. The first kappa shape index (κ1) is 13.9. The number of rotatable bonds is 4. The number of halogens is 3. The first-order valence-corrected chi connectivity index (χ1v) is 6.75. The predicted molar refractivity (Wildman–Crippen MR) is 72.4 cm³/mol. The van der Waals surface area contributed by atoms with Gasteiger partial charge in [-0.15, -0.1) is 11.3 Å². The van der Waals surface area contributed by atoms with Crippen molar-refractivity contribution in [1.82, 2.24) is 0 Å². The van der Waals surface area contributed by atoms with Crippen LogP contribution in [-0.2, 0) is 6.54 Å². The van der Waals surface area contributed by atoms with Crippen LogP contribution < -0.4 is 5.32 Å². The molecule has 0 aliphatic heterocycles. The standard InChI is InChI=1S/C11H7BrF2N2O2S/c12-7-1-2-19-10(7)5-15-11-8(14)3-6(13)4-9(11)16(17)18/h1-4,15H,5H2. The first-order valence-electron chi connectivity index (χ1n) is 5.08. The highest BCUT2D eigenvalue weighted by atomic mass is 79.9. The van der Waals surface area contributed by atoms with Crippen LogP contribution in [0, 0.1) is 21.7 Å². The molecule has 1 N–H and O–H groups in total. The molecule has 0 radical (unpaired) electrons. The number of nitro benzene ring substituents is 1. The molecule has 1 aromatic carbocycles. The normalized spacial score (nSPS) is 10.5. The lowest BCUT2D eigenvalue weighted by Gasteiger charge is -2.07. The molecule has 1 heterocycles. The van der Waals surface area contributed by atoms with Crippen molar-refractivity contribution in [3.8, 4) is 0 Å². The second kappa shape index (κ2) is 5.62. The molecule has 1 aromatic heterocycles. The van der Waals surface area contributed by atoms with Gasteiger partial charge >= 0.3 is 0 Å². The van der Waals surface area contributed by atoms with Gasteiger partial charge in [0.1, 0.15) is 11.5 Å². The fourth-order valence-corrected chi connectivity index (χ4v) is 2.93. The number of benzene rings is 1. The average Bonchev–Trinajstić information content (AvgIpc) is 2.73. The predicted octanol–water partition coefficient (Wildman–Crippen LogP) is 4.31. The van der Waals surface area contributed by atoms with Gasteiger partial charge in [0.05, 0.1) is 17.5 Å². The fourth-order valence-electron chi connectivity index (χ4n) is 1.50. The summed E-state index contributed by atoms with van der Waals surface area (Å²) >= 11 is 4.72. The Hall–Kier alpha value is -1.54. The summed E-state index contributed by atoms with van der Waals surface area (Å²) in [5.41, 5.74) is -0.933. The second-order valence-electron chi connectivity index (χ2n) is 3.58. The van der Waals surface area contributed by atoms with Crippen molar-refractivity contribution in [3.05, 3.63) is 54.7 Å². The smallest absolute Gasteiger partial charge is 0.298 e. The van der Waals surface area contributed by atoms with Crippen LogP contribution in [0.1, 0.15) is 4.88 Å². The van der Waals surface area contributed by atoms with E-state index in [2.05, 4.69) is 21.2 Å². The van der Waals surface area contributed by atoms with Gasteiger partial charge in [0, 0.05) is 15.4 Å². The van der Waals surface area contributed by atoms with Gasteiger partial charge < -0.3 is 5.32 Å². The van der Waals surface area contributed by atoms with Gasteiger partial charge in [-0.25, -0.2) is 8.78 Å². The van der Waals surface area contributed by atoms with E-state index in [9.17, 15) is 18.9 Å². The van der Waals surface area contributed by atoms with Gasteiger partial charge in [0.25, 0.3) is 5.69 Å². The molecule has 0 aliphatic carbocycles. The molecule has 0 unspecified atom stereocenters. The van der Waals surface area contributed by atoms with Gasteiger partial charge in [-0.2, -0.15) is 0 Å². The molecule has 0 amide bonds. The van der Waals surface area contributed by atoms with Crippen LogP contribution in [0.15, 0.2) is 28.1 Å². The number of hydrogen-bond donors (Lipinski definition) is 1. The molecule has 0 saturated carbocycles. The van der Waals surface area contributed by atoms with Crippen LogP contribution in [0.4, 0.5) is 20.2 Å². The average molecular weight is 349 g/mol. The Morgan fingerprint density at radius 2 is 2.16 bits per heavy atom. The van der Waals surface area contributed by atoms with E-state index in [0.29, 0.717) is 12.1 Å². The van der Waals surface area contributed by atoms with E-state index in [1.54, 1.807) is 0 Å². The van der Waals surface area contributed by atoms with E-state index in [-0.39, 0.29) is 12.2 Å². The molecule has 2 aromatic rings. The minimum Gasteiger partial charge on any atom is -0.372 e. The summed E-state index contributed by atoms with van der Waals surface area (Å²) < 4.78 is 27.4. The monoisotopic (exact) mass is 348 g/mol. The quantitative estimate of drug-likeness (QED) is 0.661. The largest absolute Gasteiger partial charge is 0.372 e. The second-order valence-corrected chi connectivity index (χ2v) is 5.44.